The Kier molecular flexibility index (Phi) is 6.42. The number of rotatable bonds is 9. The van der Waals surface area contributed by atoms with Crippen LogP contribution >= 0.6 is 0 Å². The van der Waals surface area contributed by atoms with Gasteiger partial charge in [-0.05, 0) is 31.9 Å². The van der Waals surface area contributed by atoms with Crippen molar-refractivity contribution in [2.24, 2.45) is 5.41 Å². The van der Waals surface area contributed by atoms with Crippen LogP contribution in [0.4, 0.5) is 17.1 Å². The molecule has 0 bridgehead atoms. The molecule has 0 saturated carbocycles. The fourth-order valence-electron chi connectivity index (χ4n) is 2.28. The number of hydrogen-bond acceptors (Lipinski definition) is 5. The van der Waals surface area contributed by atoms with Crippen molar-refractivity contribution in [1.82, 2.24) is 0 Å². The Balaban J connectivity index is 3.02. The zero-order valence-corrected chi connectivity index (χ0v) is 13.0. The number of hydrogen-bond donors (Lipinski definition) is 3. The first-order valence-electron chi connectivity index (χ1n) is 7.39. The first kappa shape index (κ1) is 17.2. The maximum Gasteiger partial charge on any atom is 0.315 e. The molecular weight excluding hydrogens is 270 g/mol. The zero-order valence-electron chi connectivity index (χ0n) is 13.0. The van der Waals surface area contributed by atoms with Crippen molar-refractivity contribution in [3.8, 4) is 0 Å². The van der Waals surface area contributed by atoms with E-state index in [0.29, 0.717) is 24.5 Å². The first-order valence-corrected chi connectivity index (χ1v) is 7.39. The van der Waals surface area contributed by atoms with Gasteiger partial charge in [0.2, 0.25) is 0 Å². The van der Waals surface area contributed by atoms with E-state index in [2.05, 4.69) is 10.6 Å². The molecule has 3 N–H and O–H groups in total. The van der Waals surface area contributed by atoms with E-state index in [4.69, 9.17) is 0 Å². The Hall–Kier alpha value is -1.82. The van der Waals surface area contributed by atoms with E-state index in [-0.39, 0.29) is 22.6 Å². The minimum Gasteiger partial charge on any atom is -0.396 e. The van der Waals surface area contributed by atoms with Crippen molar-refractivity contribution in [1.29, 1.82) is 0 Å². The number of anilines is 2. The van der Waals surface area contributed by atoms with Crippen LogP contribution in [0.15, 0.2) is 18.2 Å². The number of nitro benzene ring substituents is 1. The molecule has 21 heavy (non-hydrogen) atoms. The number of nitrogens with zero attached hydrogens (tertiary/aromatic N) is 1. The number of para-hydroxylation sites is 1. The van der Waals surface area contributed by atoms with Crippen molar-refractivity contribution in [3.05, 3.63) is 28.3 Å². The molecule has 0 heterocycles. The normalized spacial score (nSPS) is 11.2. The number of benzene rings is 1. The van der Waals surface area contributed by atoms with Gasteiger partial charge in [0.25, 0.3) is 0 Å². The zero-order chi connectivity index (χ0) is 15.9. The third-order valence-electron chi connectivity index (χ3n) is 4.08. The summed E-state index contributed by atoms with van der Waals surface area (Å²) in [5, 5.41) is 27.1. The van der Waals surface area contributed by atoms with Crippen molar-refractivity contribution in [3.63, 3.8) is 0 Å². The number of nitro groups is 1. The summed E-state index contributed by atoms with van der Waals surface area (Å²) in [5.74, 6) is 0. The lowest BCUT2D eigenvalue weighted by Crippen LogP contribution is -2.32. The molecule has 0 saturated heterocycles. The third-order valence-corrected chi connectivity index (χ3v) is 4.08. The second kappa shape index (κ2) is 7.83. The lowest BCUT2D eigenvalue weighted by molar-refractivity contribution is -0.383. The molecule has 0 atom stereocenters. The van der Waals surface area contributed by atoms with Crippen LogP contribution in [0.2, 0.25) is 0 Å². The molecule has 0 aliphatic carbocycles. The molecule has 0 aliphatic heterocycles. The van der Waals surface area contributed by atoms with Crippen molar-refractivity contribution in [2.45, 2.75) is 33.6 Å². The SMILES string of the molecule is CCNc1cccc(NCC(CC)(CC)CO)c1[N+](=O)[O-]. The average molecular weight is 295 g/mol. The maximum atomic E-state index is 11.3. The fraction of sp³-hybridized carbons (Fsp3) is 0.600. The van der Waals surface area contributed by atoms with Gasteiger partial charge in [-0.3, -0.25) is 10.1 Å². The number of nitrogens with one attached hydrogen (secondary N) is 2. The summed E-state index contributed by atoms with van der Waals surface area (Å²) < 4.78 is 0. The quantitative estimate of drug-likeness (QED) is 0.481. The van der Waals surface area contributed by atoms with Crippen molar-refractivity contribution >= 4 is 17.1 Å². The van der Waals surface area contributed by atoms with Crippen LogP contribution in [0.25, 0.3) is 0 Å². The van der Waals surface area contributed by atoms with Crippen LogP contribution in [0.1, 0.15) is 33.6 Å². The predicted molar refractivity (Wildman–Crippen MR) is 85.9 cm³/mol. The number of aliphatic hydroxyl groups is 1. The molecule has 1 aromatic rings. The maximum absolute atomic E-state index is 11.3. The Morgan fingerprint density at radius 2 is 1.76 bits per heavy atom. The topological polar surface area (TPSA) is 87.4 Å². The number of aliphatic hydroxyl groups excluding tert-OH is 1. The van der Waals surface area contributed by atoms with Gasteiger partial charge in [0.1, 0.15) is 11.4 Å². The van der Waals surface area contributed by atoms with Gasteiger partial charge in [0.15, 0.2) is 0 Å². The van der Waals surface area contributed by atoms with E-state index in [1.54, 1.807) is 18.2 Å². The predicted octanol–water partition coefficient (Wildman–Crippen LogP) is 3.24. The summed E-state index contributed by atoms with van der Waals surface area (Å²) in [4.78, 5) is 11.0. The summed E-state index contributed by atoms with van der Waals surface area (Å²) in [7, 11) is 0. The van der Waals surface area contributed by atoms with E-state index < -0.39 is 0 Å². The van der Waals surface area contributed by atoms with Crippen molar-refractivity contribution < 1.29 is 10.0 Å². The van der Waals surface area contributed by atoms with Gasteiger partial charge in [-0.2, -0.15) is 0 Å². The van der Waals surface area contributed by atoms with Gasteiger partial charge in [0.05, 0.1) is 11.5 Å². The molecule has 0 aliphatic rings. The lowest BCUT2D eigenvalue weighted by atomic mass is 9.83. The van der Waals surface area contributed by atoms with Gasteiger partial charge in [-0.1, -0.05) is 19.9 Å². The molecule has 6 nitrogen and oxygen atoms in total. The molecule has 1 aromatic carbocycles. The highest BCUT2D eigenvalue weighted by atomic mass is 16.6. The second-order valence-electron chi connectivity index (χ2n) is 5.21. The largest absolute Gasteiger partial charge is 0.396 e. The smallest absolute Gasteiger partial charge is 0.315 e. The molecular formula is C15H25N3O3. The lowest BCUT2D eigenvalue weighted by Gasteiger charge is -2.30. The van der Waals surface area contributed by atoms with Crippen LogP contribution in [-0.2, 0) is 0 Å². The molecule has 118 valence electrons. The van der Waals surface area contributed by atoms with Gasteiger partial charge >= 0.3 is 5.69 Å². The van der Waals surface area contributed by atoms with Gasteiger partial charge in [-0.25, -0.2) is 0 Å². The fourth-order valence-corrected chi connectivity index (χ4v) is 2.28. The van der Waals surface area contributed by atoms with Crippen LogP contribution in [-0.4, -0.2) is 29.7 Å². The molecule has 0 aromatic heterocycles. The van der Waals surface area contributed by atoms with Gasteiger partial charge in [0, 0.05) is 18.5 Å². The first-order chi connectivity index (χ1) is 10.0. The Bertz CT molecular complexity index is 465. The minimum atomic E-state index is -0.376. The highest BCUT2D eigenvalue weighted by Gasteiger charge is 2.27. The van der Waals surface area contributed by atoms with E-state index in [1.807, 2.05) is 20.8 Å². The van der Waals surface area contributed by atoms with E-state index in [0.717, 1.165) is 12.8 Å². The summed E-state index contributed by atoms with van der Waals surface area (Å²) in [6, 6.07) is 5.18. The Morgan fingerprint density at radius 1 is 1.19 bits per heavy atom. The average Bonchev–Trinajstić information content (AvgIpc) is 2.49. The molecule has 0 unspecified atom stereocenters. The van der Waals surface area contributed by atoms with Gasteiger partial charge in [-0.15, -0.1) is 0 Å². The van der Waals surface area contributed by atoms with Crippen LogP contribution in [0.3, 0.4) is 0 Å². The highest BCUT2D eigenvalue weighted by molar-refractivity contribution is 5.76. The van der Waals surface area contributed by atoms with Gasteiger partial charge < -0.3 is 15.7 Å². The third kappa shape index (κ3) is 4.07. The van der Waals surface area contributed by atoms with Crippen molar-refractivity contribution in [2.75, 3.05) is 30.3 Å². The molecule has 0 spiro atoms. The highest BCUT2D eigenvalue weighted by Crippen LogP contribution is 2.34. The van der Waals surface area contributed by atoms with E-state index >= 15 is 0 Å². The monoisotopic (exact) mass is 295 g/mol. The summed E-state index contributed by atoms with van der Waals surface area (Å²) in [6.07, 6.45) is 1.63. The minimum absolute atomic E-state index is 0.0541. The standard InChI is InChI=1S/C15H25N3O3/c1-4-15(5-2,11-19)10-17-13-9-7-8-12(16-6-3)14(13)18(20)21/h7-9,16-17,19H,4-6,10-11H2,1-3H3. The second-order valence-corrected chi connectivity index (χ2v) is 5.21. The summed E-state index contributed by atoms with van der Waals surface area (Å²) >= 11 is 0. The molecule has 0 fully saturated rings. The van der Waals surface area contributed by atoms with Crippen LogP contribution in [0.5, 0.6) is 0 Å². The molecule has 6 heteroatoms. The molecule has 0 radical (unpaired) electrons. The van der Waals surface area contributed by atoms with Crippen LogP contribution in [0, 0.1) is 15.5 Å². The van der Waals surface area contributed by atoms with Crippen LogP contribution < -0.4 is 10.6 Å². The summed E-state index contributed by atoms with van der Waals surface area (Å²) in [6.45, 7) is 7.12. The van der Waals surface area contributed by atoms with E-state index in [1.165, 1.54) is 0 Å². The summed E-state index contributed by atoms with van der Waals surface area (Å²) in [5.41, 5.74) is 0.800. The molecule has 1 rings (SSSR count). The molecule has 0 amide bonds. The van der Waals surface area contributed by atoms with E-state index in [9.17, 15) is 15.2 Å². The Morgan fingerprint density at radius 3 is 2.19 bits per heavy atom. The Labute approximate surface area is 125 Å².